The first-order valence-corrected chi connectivity index (χ1v) is 4.41. The highest BCUT2D eigenvalue weighted by molar-refractivity contribution is 6.31. The van der Waals surface area contributed by atoms with Crippen molar-refractivity contribution in [3.8, 4) is 0 Å². The van der Waals surface area contributed by atoms with Gasteiger partial charge in [-0.25, -0.2) is 0 Å². The minimum absolute atomic E-state index is 0.158. The second-order valence-electron chi connectivity index (χ2n) is 2.52. The molecule has 0 aromatic carbocycles. The van der Waals surface area contributed by atoms with Gasteiger partial charge >= 0.3 is 0 Å². The lowest BCUT2D eigenvalue weighted by atomic mass is 10.4. The van der Waals surface area contributed by atoms with Gasteiger partial charge < -0.3 is 27.7 Å². The summed E-state index contributed by atoms with van der Waals surface area (Å²) in [6.45, 7) is 2.57. The molecule has 0 amide bonds. The van der Waals surface area contributed by atoms with Gasteiger partial charge in [0.05, 0.1) is 12.8 Å². The first kappa shape index (κ1) is 13.8. The number of ether oxygens (including phenoxy) is 1. The van der Waals surface area contributed by atoms with E-state index in [1.165, 1.54) is 6.21 Å². The van der Waals surface area contributed by atoms with E-state index in [1.54, 1.807) is 0 Å². The van der Waals surface area contributed by atoms with Crippen molar-refractivity contribution in [2.75, 3.05) is 13.2 Å². The summed E-state index contributed by atoms with van der Waals surface area (Å²) in [6.07, 6.45) is 1.29. The molecular formula is C7H16N8O. The van der Waals surface area contributed by atoms with Gasteiger partial charge in [0.25, 0.3) is 0 Å². The smallest absolute Gasteiger partial charge is 0.211 e. The van der Waals surface area contributed by atoms with E-state index in [4.69, 9.17) is 27.7 Å². The second kappa shape index (κ2) is 8.17. The van der Waals surface area contributed by atoms with Crippen molar-refractivity contribution >= 4 is 23.8 Å². The standard InChI is InChI=1S/C7H16N8O/c1-2-16-4-5(13-15-7(10)11)3-12-14-6(8)9/h3H,2,4H2,1H3,(H4,8,9,14)(H4,10,11,15). The number of rotatable bonds is 6. The lowest BCUT2D eigenvalue weighted by molar-refractivity contribution is 0.188. The SMILES string of the molecule is CCOCC(C=NN=C(N)N)=NN=C(N)N. The molecule has 0 aromatic heterocycles. The van der Waals surface area contributed by atoms with Crippen molar-refractivity contribution in [1.29, 1.82) is 0 Å². The lowest BCUT2D eigenvalue weighted by Gasteiger charge is -1.98. The maximum absolute atomic E-state index is 5.11. The van der Waals surface area contributed by atoms with Crippen molar-refractivity contribution in [3.05, 3.63) is 0 Å². The van der Waals surface area contributed by atoms with Crippen molar-refractivity contribution in [2.45, 2.75) is 6.92 Å². The van der Waals surface area contributed by atoms with E-state index in [-0.39, 0.29) is 18.5 Å². The molecule has 0 heterocycles. The van der Waals surface area contributed by atoms with E-state index in [0.717, 1.165) is 0 Å². The summed E-state index contributed by atoms with van der Waals surface area (Å²) < 4.78 is 5.10. The normalized spacial score (nSPS) is 11.4. The van der Waals surface area contributed by atoms with Crippen LogP contribution in [0.1, 0.15) is 6.92 Å². The molecule has 0 bridgehead atoms. The van der Waals surface area contributed by atoms with E-state index in [9.17, 15) is 0 Å². The summed E-state index contributed by atoms with van der Waals surface area (Å²) >= 11 is 0. The third-order valence-corrected chi connectivity index (χ3v) is 1.13. The third kappa shape index (κ3) is 8.44. The molecule has 90 valence electrons. The summed E-state index contributed by atoms with van der Waals surface area (Å²) in [6, 6.07) is 0. The number of hydrogen-bond donors (Lipinski definition) is 4. The molecule has 0 spiro atoms. The summed E-state index contributed by atoms with van der Waals surface area (Å²) in [7, 11) is 0. The fraction of sp³-hybridized carbons (Fsp3) is 0.429. The van der Waals surface area contributed by atoms with Crippen LogP contribution in [0.4, 0.5) is 0 Å². The van der Waals surface area contributed by atoms with E-state index in [1.807, 2.05) is 6.92 Å². The minimum atomic E-state index is -0.163. The van der Waals surface area contributed by atoms with Crippen molar-refractivity contribution in [2.24, 2.45) is 43.3 Å². The van der Waals surface area contributed by atoms with E-state index in [2.05, 4.69) is 20.4 Å². The highest BCUT2D eigenvalue weighted by Crippen LogP contribution is 1.83. The molecule has 0 aliphatic rings. The van der Waals surface area contributed by atoms with Gasteiger partial charge in [-0.2, -0.15) is 5.10 Å². The molecule has 0 saturated heterocycles. The molecule has 0 atom stereocenters. The molecule has 9 nitrogen and oxygen atoms in total. The van der Waals surface area contributed by atoms with Gasteiger partial charge in [0, 0.05) is 6.61 Å². The molecule has 0 aliphatic carbocycles. The average molecular weight is 228 g/mol. The van der Waals surface area contributed by atoms with Crippen LogP contribution in [0.15, 0.2) is 20.4 Å². The molecule has 0 saturated carbocycles. The fourth-order valence-electron chi connectivity index (χ4n) is 0.583. The molecule has 16 heavy (non-hydrogen) atoms. The predicted octanol–water partition coefficient (Wildman–Crippen LogP) is -2.09. The molecule has 0 aliphatic heterocycles. The van der Waals surface area contributed by atoms with Crippen LogP contribution in [0.3, 0.4) is 0 Å². The highest BCUT2D eigenvalue weighted by atomic mass is 16.5. The van der Waals surface area contributed by atoms with Gasteiger partial charge in [-0.3, -0.25) is 0 Å². The molecular weight excluding hydrogens is 212 g/mol. The van der Waals surface area contributed by atoms with Crippen molar-refractivity contribution < 1.29 is 4.74 Å². The zero-order valence-corrected chi connectivity index (χ0v) is 9.00. The van der Waals surface area contributed by atoms with Crippen molar-refractivity contribution in [1.82, 2.24) is 0 Å². The maximum Gasteiger partial charge on any atom is 0.211 e. The van der Waals surface area contributed by atoms with E-state index < -0.39 is 0 Å². The Morgan fingerprint density at radius 3 is 2.19 bits per heavy atom. The summed E-state index contributed by atoms with van der Waals surface area (Å²) in [5, 5.41) is 14.1. The Bertz CT molecular complexity index is 310. The maximum atomic E-state index is 5.11. The Morgan fingerprint density at radius 2 is 1.69 bits per heavy atom. The summed E-state index contributed by atoms with van der Waals surface area (Å²) in [5.74, 6) is -0.321. The van der Waals surface area contributed by atoms with E-state index in [0.29, 0.717) is 12.3 Å². The van der Waals surface area contributed by atoms with Crippen LogP contribution >= 0.6 is 0 Å². The van der Waals surface area contributed by atoms with Crippen LogP contribution in [-0.4, -0.2) is 37.1 Å². The van der Waals surface area contributed by atoms with Gasteiger partial charge in [-0.1, -0.05) is 0 Å². The van der Waals surface area contributed by atoms with E-state index >= 15 is 0 Å². The Hall–Kier alpha value is -2.16. The van der Waals surface area contributed by atoms with Crippen LogP contribution in [0.25, 0.3) is 0 Å². The quantitative estimate of drug-likeness (QED) is 0.232. The van der Waals surface area contributed by atoms with Crippen LogP contribution < -0.4 is 22.9 Å². The number of nitrogens with zero attached hydrogens (tertiary/aromatic N) is 4. The van der Waals surface area contributed by atoms with Crippen LogP contribution in [-0.2, 0) is 4.74 Å². The largest absolute Gasteiger partial charge is 0.375 e. The molecule has 9 heteroatoms. The average Bonchev–Trinajstić information content (AvgIpc) is 2.20. The van der Waals surface area contributed by atoms with Crippen molar-refractivity contribution in [3.63, 3.8) is 0 Å². The number of hydrogen-bond acceptors (Lipinski definition) is 5. The Labute approximate surface area is 92.9 Å². The number of nitrogens with two attached hydrogens (primary N) is 4. The zero-order valence-electron chi connectivity index (χ0n) is 9.00. The zero-order chi connectivity index (χ0) is 12.4. The Balaban J connectivity index is 4.55. The van der Waals surface area contributed by atoms with Crippen LogP contribution in [0, 0.1) is 0 Å². The highest BCUT2D eigenvalue weighted by Gasteiger charge is 1.95. The monoisotopic (exact) mass is 228 g/mol. The van der Waals surface area contributed by atoms with Crippen LogP contribution in [0.2, 0.25) is 0 Å². The lowest BCUT2D eigenvalue weighted by Crippen LogP contribution is -2.23. The summed E-state index contributed by atoms with van der Waals surface area (Å²) in [4.78, 5) is 0. The first-order chi connectivity index (χ1) is 7.56. The summed E-state index contributed by atoms with van der Waals surface area (Å²) in [5.41, 5.74) is 20.8. The Morgan fingerprint density at radius 1 is 1.06 bits per heavy atom. The molecule has 0 rings (SSSR count). The predicted molar refractivity (Wildman–Crippen MR) is 64.0 cm³/mol. The molecule has 0 unspecified atom stereocenters. The number of guanidine groups is 2. The van der Waals surface area contributed by atoms with Gasteiger partial charge in [0.1, 0.15) is 5.71 Å². The van der Waals surface area contributed by atoms with Crippen LogP contribution in [0.5, 0.6) is 0 Å². The minimum Gasteiger partial charge on any atom is -0.375 e. The topological polar surface area (TPSA) is 163 Å². The van der Waals surface area contributed by atoms with Gasteiger partial charge in [-0.05, 0) is 6.92 Å². The molecule has 0 fully saturated rings. The van der Waals surface area contributed by atoms with Gasteiger partial charge in [0.15, 0.2) is 0 Å². The van der Waals surface area contributed by atoms with Gasteiger partial charge in [-0.15, -0.1) is 15.3 Å². The fourth-order valence-corrected chi connectivity index (χ4v) is 0.583. The van der Waals surface area contributed by atoms with Gasteiger partial charge in [0.2, 0.25) is 11.9 Å². The molecule has 8 N–H and O–H groups in total. The molecule has 0 radical (unpaired) electrons. The first-order valence-electron chi connectivity index (χ1n) is 4.41. The second-order valence-corrected chi connectivity index (χ2v) is 2.52. The molecule has 0 aromatic rings. The Kier molecular flexibility index (Phi) is 7.07. The third-order valence-electron chi connectivity index (χ3n) is 1.13.